The van der Waals surface area contributed by atoms with Crippen molar-refractivity contribution in [3.8, 4) is 0 Å². The number of hydrogen-bond acceptors (Lipinski definition) is 2. The van der Waals surface area contributed by atoms with Crippen LogP contribution in [0.4, 0.5) is 10.1 Å². The molecule has 1 unspecified atom stereocenters. The lowest BCUT2D eigenvalue weighted by Gasteiger charge is -2.25. The highest BCUT2D eigenvalue weighted by Crippen LogP contribution is 2.24. The molecule has 0 saturated carbocycles. The standard InChI is InChI=1S/C10H7Cl2FN2/c11-7-5-14-10(12)15(6-7)9-3-1-8(13)2-4-9/h1-6,10H. The van der Waals surface area contributed by atoms with Crippen molar-refractivity contribution in [1.29, 1.82) is 0 Å². The minimum Gasteiger partial charge on any atom is -0.311 e. The van der Waals surface area contributed by atoms with Gasteiger partial charge in [0, 0.05) is 18.1 Å². The minimum atomic E-state index is -0.544. The highest BCUT2D eigenvalue weighted by Gasteiger charge is 2.16. The lowest BCUT2D eigenvalue weighted by Crippen LogP contribution is -2.26. The Morgan fingerprint density at radius 1 is 1.27 bits per heavy atom. The first-order chi connectivity index (χ1) is 7.16. The third-order valence-corrected chi connectivity index (χ3v) is 2.46. The van der Waals surface area contributed by atoms with E-state index in [4.69, 9.17) is 23.2 Å². The molecule has 0 aliphatic carbocycles. The predicted molar refractivity (Wildman–Crippen MR) is 60.9 cm³/mol. The van der Waals surface area contributed by atoms with Crippen LogP contribution in [0.1, 0.15) is 0 Å². The number of anilines is 1. The number of halogens is 3. The molecule has 1 atom stereocenters. The van der Waals surface area contributed by atoms with Crippen molar-refractivity contribution >= 4 is 35.1 Å². The average Bonchev–Trinajstić information content (AvgIpc) is 2.23. The summed E-state index contributed by atoms with van der Waals surface area (Å²) in [5.41, 5.74) is 0.198. The van der Waals surface area contributed by atoms with Gasteiger partial charge in [-0.3, -0.25) is 4.99 Å². The van der Waals surface area contributed by atoms with Gasteiger partial charge in [0.25, 0.3) is 0 Å². The number of alkyl halides is 1. The number of hydrogen-bond donors (Lipinski definition) is 0. The molecule has 0 fully saturated rings. The summed E-state index contributed by atoms with van der Waals surface area (Å²) in [4.78, 5) is 5.62. The molecule has 0 aromatic heterocycles. The SMILES string of the molecule is Fc1ccc(N2C=C(Cl)C=NC2Cl)cc1. The summed E-state index contributed by atoms with van der Waals surface area (Å²) in [7, 11) is 0. The lowest BCUT2D eigenvalue weighted by molar-refractivity contribution is 0.627. The summed E-state index contributed by atoms with van der Waals surface area (Å²) in [6.45, 7) is 0. The Balaban J connectivity index is 2.31. The second-order valence-electron chi connectivity index (χ2n) is 2.99. The highest BCUT2D eigenvalue weighted by atomic mass is 35.5. The van der Waals surface area contributed by atoms with Crippen LogP contribution in [0, 0.1) is 5.82 Å². The van der Waals surface area contributed by atoms with Crippen LogP contribution in [-0.2, 0) is 0 Å². The fourth-order valence-electron chi connectivity index (χ4n) is 1.24. The first-order valence-electron chi connectivity index (χ1n) is 4.25. The molecular formula is C10H7Cl2FN2. The largest absolute Gasteiger partial charge is 0.311 e. The summed E-state index contributed by atoms with van der Waals surface area (Å²) in [5, 5.41) is 0.483. The van der Waals surface area contributed by atoms with Gasteiger partial charge in [-0.25, -0.2) is 4.39 Å². The summed E-state index contributed by atoms with van der Waals surface area (Å²) in [6, 6.07) is 5.95. The first kappa shape index (κ1) is 10.5. The van der Waals surface area contributed by atoms with E-state index < -0.39 is 5.62 Å². The molecule has 1 aliphatic heterocycles. The van der Waals surface area contributed by atoms with Gasteiger partial charge in [-0.05, 0) is 24.3 Å². The summed E-state index contributed by atoms with van der Waals surface area (Å²) < 4.78 is 12.7. The van der Waals surface area contributed by atoms with Gasteiger partial charge in [-0.2, -0.15) is 0 Å². The van der Waals surface area contributed by atoms with Gasteiger partial charge >= 0.3 is 0 Å². The number of allylic oxidation sites excluding steroid dienone is 1. The number of nitrogens with zero attached hydrogens (tertiary/aromatic N) is 2. The fraction of sp³-hybridized carbons (Fsp3) is 0.100. The third-order valence-electron chi connectivity index (χ3n) is 1.94. The van der Waals surface area contributed by atoms with E-state index in [-0.39, 0.29) is 5.82 Å². The van der Waals surface area contributed by atoms with Gasteiger partial charge in [0.2, 0.25) is 5.62 Å². The lowest BCUT2D eigenvalue weighted by atomic mass is 10.3. The Hall–Kier alpha value is -1.06. The van der Waals surface area contributed by atoms with Crippen molar-refractivity contribution in [2.45, 2.75) is 5.62 Å². The topological polar surface area (TPSA) is 15.6 Å². The van der Waals surface area contributed by atoms with E-state index in [1.165, 1.54) is 18.3 Å². The van der Waals surface area contributed by atoms with Crippen LogP contribution in [0.5, 0.6) is 0 Å². The van der Waals surface area contributed by atoms with Crippen LogP contribution in [0.2, 0.25) is 0 Å². The summed E-state index contributed by atoms with van der Waals surface area (Å²) >= 11 is 11.7. The van der Waals surface area contributed by atoms with Crippen molar-refractivity contribution in [3.63, 3.8) is 0 Å². The number of aliphatic imine (C=N–C) groups is 1. The average molecular weight is 245 g/mol. The molecule has 0 radical (unpaired) electrons. The van der Waals surface area contributed by atoms with Crippen LogP contribution >= 0.6 is 23.2 Å². The van der Waals surface area contributed by atoms with E-state index in [1.807, 2.05) is 0 Å². The van der Waals surface area contributed by atoms with E-state index in [0.717, 1.165) is 5.69 Å². The normalized spacial score (nSPS) is 20.3. The zero-order valence-corrected chi connectivity index (χ0v) is 9.08. The minimum absolute atomic E-state index is 0.291. The second kappa shape index (κ2) is 4.21. The molecule has 0 N–H and O–H groups in total. The molecule has 1 aromatic rings. The van der Waals surface area contributed by atoms with Crippen molar-refractivity contribution in [2.75, 3.05) is 4.90 Å². The van der Waals surface area contributed by atoms with Gasteiger partial charge in [-0.15, -0.1) is 0 Å². The zero-order valence-electron chi connectivity index (χ0n) is 7.57. The van der Waals surface area contributed by atoms with E-state index in [1.54, 1.807) is 23.2 Å². The molecule has 15 heavy (non-hydrogen) atoms. The van der Waals surface area contributed by atoms with Crippen LogP contribution in [0.3, 0.4) is 0 Å². The first-order valence-corrected chi connectivity index (χ1v) is 5.07. The smallest absolute Gasteiger partial charge is 0.201 e. The van der Waals surface area contributed by atoms with Gasteiger partial charge in [0.15, 0.2) is 0 Å². The van der Waals surface area contributed by atoms with E-state index in [2.05, 4.69) is 4.99 Å². The van der Waals surface area contributed by atoms with Crippen LogP contribution < -0.4 is 4.90 Å². The molecule has 78 valence electrons. The quantitative estimate of drug-likeness (QED) is 0.547. The van der Waals surface area contributed by atoms with E-state index in [9.17, 15) is 4.39 Å². The number of rotatable bonds is 1. The molecule has 0 bridgehead atoms. The highest BCUT2D eigenvalue weighted by molar-refractivity contribution is 6.40. The van der Waals surface area contributed by atoms with E-state index >= 15 is 0 Å². The molecular weight excluding hydrogens is 238 g/mol. The van der Waals surface area contributed by atoms with Gasteiger partial charge in [0.05, 0.1) is 5.03 Å². The van der Waals surface area contributed by atoms with Crippen LogP contribution in [-0.4, -0.2) is 11.8 Å². The van der Waals surface area contributed by atoms with Crippen LogP contribution in [0.15, 0.2) is 40.5 Å². The van der Waals surface area contributed by atoms with Crippen LogP contribution in [0.25, 0.3) is 0 Å². The molecule has 5 heteroatoms. The van der Waals surface area contributed by atoms with Gasteiger partial charge in [-0.1, -0.05) is 23.2 Å². The summed E-state index contributed by atoms with van der Waals surface area (Å²) in [5.74, 6) is -0.291. The fourth-order valence-corrected chi connectivity index (χ4v) is 1.63. The molecule has 1 aromatic carbocycles. The summed E-state index contributed by atoms with van der Waals surface area (Å²) in [6.07, 6.45) is 3.14. The van der Waals surface area contributed by atoms with Crippen molar-refractivity contribution < 1.29 is 4.39 Å². The molecule has 2 nitrogen and oxygen atoms in total. The Labute approximate surface area is 96.6 Å². The maximum absolute atomic E-state index is 12.7. The second-order valence-corrected chi connectivity index (χ2v) is 3.81. The molecule has 1 aliphatic rings. The maximum atomic E-state index is 12.7. The van der Waals surface area contributed by atoms with Gasteiger partial charge in [0.1, 0.15) is 5.82 Å². The molecule has 0 saturated heterocycles. The zero-order chi connectivity index (χ0) is 10.8. The van der Waals surface area contributed by atoms with Crippen molar-refractivity contribution in [1.82, 2.24) is 0 Å². The monoisotopic (exact) mass is 244 g/mol. The Morgan fingerprint density at radius 3 is 2.60 bits per heavy atom. The predicted octanol–water partition coefficient (Wildman–Crippen LogP) is 3.32. The Kier molecular flexibility index (Phi) is 2.93. The van der Waals surface area contributed by atoms with Crippen molar-refractivity contribution in [3.05, 3.63) is 41.3 Å². The van der Waals surface area contributed by atoms with Crippen molar-refractivity contribution in [2.24, 2.45) is 4.99 Å². The van der Waals surface area contributed by atoms with Gasteiger partial charge < -0.3 is 4.90 Å². The Bertz CT molecular complexity index is 414. The van der Waals surface area contributed by atoms with E-state index in [0.29, 0.717) is 5.03 Å². The Morgan fingerprint density at radius 2 is 1.93 bits per heavy atom. The third kappa shape index (κ3) is 2.30. The molecule has 2 rings (SSSR count). The molecule has 0 amide bonds. The number of benzene rings is 1. The maximum Gasteiger partial charge on any atom is 0.201 e. The molecule has 0 spiro atoms. The molecule has 1 heterocycles.